The van der Waals surface area contributed by atoms with Gasteiger partial charge in [-0.05, 0) is 53.1 Å². The van der Waals surface area contributed by atoms with E-state index in [1.54, 1.807) is 67.8 Å². The molecule has 6 rings (SSSR count). The molecule has 0 amide bonds. The summed E-state index contributed by atoms with van der Waals surface area (Å²) in [6.07, 6.45) is 0.0497. The molecule has 1 N–H and O–H groups in total. The maximum Gasteiger partial charge on any atom is 0.199 e. The number of carbonyl (C=O) groups excluding carboxylic acids is 3. The maximum atomic E-state index is 14.4. The van der Waals surface area contributed by atoms with E-state index >= 15 is 0 Å². The van der Waals surface area contributed by atoms with E-state index in [0.717, 1.165) is 4.47 Å². The van der Waals surface area contributed by atoms with Gasteiger partial charge >= 0.3 is 0 Å². The highest BCUT2D eigenvalue weighted by molar-refractivity contribution is 9.10. The average Bonchev–Trinajstić information content (AvgIpc) is 3.20. The predicted molar refractivity (Wildman–Crippen MR) is 150 cm³/mol. The Morgan fingerprint density at radius 2 is 1.46 bits per heavy atom. The zero-order valence-corrected chi connectivity index (χ0v) is 22.7. The van der Waals surface area contributed by atoms with E-state index in [4.69, 9.17) is 4.74 Å². The summed E-state index contributed by atoms with van der Waals surface area (Å²) < 4.78 is 6.14. The number of benzene rings is 4. The molecule has 0 fully saturated rings. The molecule has 0 saturated heterocycles. The molecule has 4 aromatic rings. The van der Waals surface area contributed by atoms with Gasteiger partial charge in [0.25, 0.3) is 0 Å². The fourth-order valence-corrected chi connectivity index (χ4v) is 6.62. The fraction of sp³-hybridized carbons (Fsp3) is 0.182. The second-order valence-corrected chi connectivity index (χ2v) is 11.0. The number of aliphatic hydroxyl groups is 1. The molecule has 5 nitrogen and oxygen atoms in total. The minimum atomic E-state index is -1.91. The number of Topliss-reactive ketones (excluding diaryl/α,β-unsaturated/α-hetero) is 3. The molecular weight excluding hydrogens is 556 g/mol. The Hall–Kier alpha value is -3.87. The van der Waals surface area contributed by atoms with Gasteiger partial charge in [-0.15, -0.1) is 0 Å². The largest absolute Gasteiger partial charge is 0.497 e. The van der Waals surface area contributed by atoms with Crippen LogP contribution in [0.2, 0.25) is 0 Å². The van der Waals surface area contributed by atoms with Crippen LogP contribution in [0.1, 0.15) is 66.0 Å². The van der Waals surface area contributed by atoms with Crippen LogP contribution in [0, 0.1) is 5.92 Å². The zero-order valence-electron chi connectivity index (χ0n) is 21.1. The number of ether oxygens (including phenoxy) is 1. The summed E-state index contributed by atoms with van der Waals surface area (Å²) in [6, 6.07) is 28.2. The standard InChI is InChI=1S/C33H25BrO5/c1-39-22-16-12-20(13-17-22)31(36)29-26(18-28(35)19-10-14-21(34)15-11-19)23-6-4-5-9-27(23)33(38)30(29)24-7-2-3-8-25(24)32(33)37/h2-17,26,29-30,38H,18H2,1H3/t26-,29+,30-,33-/m0/s1. The van der Waals surface area contributed by atoms with Gasteiger partial charge in [0.15, 0.2) is 23.0 Å². The molecule has 0 aromatic heterocycles. The van der Waals surface area contributed by atoms with Crippen LogP contribution in [0.3, 0.4) is 0 Å². The Bertz CT molecular complexity index is 1610. The van der Waals surface area contributed by atoms with Gasteiger partial charge in [-0.25, -0.2) is 0 Å². The van der Waals surface area contributed by atoms with Crippen LogP contribution in [-0.4, -0.2) is 29.6 Å². The molecule has 2 aliphatic rings. The van der Waals surface area contributed by atoms with Crippen molar-refractivity contribution >= 4 is 33.3 Å². The Balaban J connectivity index is 1.55. The molecule has 4 atom stereocenters. The van der Waals surface area contributed by atoms with E-state index in [-0.39, 0.29) is 18.0 Å². The van der Waals surface area contributed by atoms with Crippen LogP contribution in [0.15, 0.2) is 102 Å². The minimum absolute atomic E-state index is 0.0497. The van der Waals surface area contributed by atoms with Crippen LogP contribution in [0.25, 0.3) is 0 Å². The first-order valence-electron chi connectivity index (χ1n) is 12.8. The Labute approximate surface area is 234 Å². The van der Waals surface area contributed by atoms with Gasteiger partial charge in [-0.2, -0.15) is 0 Å². The summed E-state index contributed by atoms with van der Waals surface area (Å²) in [5, 5.41) is 12.3. The molecule has 194 valence electrons. The van der Waals surface area contributed by atoms with Gasteiger partial charge in [0.2, 0.25) is 0 Å². The molecule has 4 aromatic carbocycles. The van der Waals surface area contributed by atoms with E-state index < -0.39 is 29.1 Å². The van der Waals surface area contributed by atoms with Gasteiger partial charge in [0.05, 0.1) is 7.11 Å². The predicted octanol–water partition coefficient (Wildman–Crippen LogP) is 6.49. The second-order valence-electron chi connectivity index (χ2n) is 10.1. The Kier molecular flexibility index (Phi) is 6.32. The normalized spacial score (nSPS) is 22.9. The van der Waals surface area contributed by atoms with Crippen molar-refractivity contribution in [2.45, 2.75) is 23.9 Å². The topological polar surface area (TPSA) is 80.7 Å². The monoisotopic (exact) mass is 580 g/mol. The van der Waals surface area contributed by atoms with Crippen molar-refractivity contribution in [3.63, 3.8) is 0 Å². The molecule has 0 unspecified atom stereocenters. The van der Waals surface area contributed by atoms with Crippen LogP contribution < -0.4 is 4.74 Å². The lowest BCUT2D eigenvalue weighted by Crippen LogP contribution is -2.48. The quantitative estimate of drug-likeness (QED) is 0.263. The van der Waals surface area contributed by atoms with E-state index in [0.29, 0.717) is 39.1 Å². The van der Waals surface area contributed by atoms with Crippen LogP contribution in [0.5, 0.6) is 5.75 Å². The summed E-state index contributed by atoms with van der Waals surface area (Å²) in [6.45, 7) is 0. The molecule has 2 aliphatic carbocycles. The highest BCUT2D eigenvalue weighted by Crippen LogP contribution is 2.60. The van der Waals surface area contributed by atoms with Crippen molar-refractivity contribution in [3.8, 4) is 5.75 Å². The first-order valence-corrected chi connectivity index (χ1v) is 13.6. The number of fused-ring (bicyclic) bond motifs is 5. The van der Waals surface area contributed by atoms with Crippen molar-refractivity contribution in [2.75, 3.05) is 7.11 Å². The van der Waals surface area contributed by atoms with Crippen molar-refractivity contribution in [1.29, 1.82) is 0 Å². The van der Waals surface area contributed by atoms with Crippen molar-refractivity contribution in [3.05, 3.63) is 135 Å². The fourth-order valence-electron chi connectivity index (χ4n) is 6.36. The number of halogens is 1. The number of methoxy groups -OCH3 is 1. The van der Waals surface area contributed by atoms with E-state index in [1.165, 1.54) is 0 Å². The lowest BCUT2D eigenvalue weighted by atomic mass is 9.58. The second kappa shape index (κ2) is 9.70. The van der Waals surface area contributed by atoms with Crippen molar-refractivity contribution in [1.82, 2.24) is 0 Å². The third kappa shape index (κ3) is 3.98. The third-order valence-electron chi connectivity index (χ3n) is 8.15. The van der Waals surface area contributed by atoms with E-state index in [9.17, 15) is 19.5 Å². The molecule has 6 heteroatoms. The molecule has 0 heterocycles. The molecular formula is C33H25BrO5. The van der Waals surface area contributed by atoms with Crippen LogP contribution in [-0.2, 0) is 5.60 Å². The van der Waals surface area contributed by atoms with Gasteiger partial charge in [-0.1, -0.05) is 76.6 Å². The molecule has 0 spiro atoms. The van der Waals surface area contributed by atoms with Crippen LogP contribution >= 0.6 is 15.9 Å². The summed E-state index contributed by atoms with van der Waals surface area (Å²) in [5.41, 5.74) is 1.21. The molecule has 0 saturated carbocycles. The summed E-state index contributed by atoms with van der Waals surface area (Å²) >= 11 is 3.41. The number of rotatable bonds is 6. The lowest BCUT2D eigenvalue weighted by molar-refractivity contribution is -0.00160. The minimum Gasteiger partial charge on any atom is -0.497 e. The molecule has 0 aliphatic heterocycles. The number of carbonyl (C=O) groups is 3. The highest BCUT2D eigenvalue weighted by atomic mass is 79.9. The molecule has 0 radical (unpaired) electrons. The number of hydrogen-bond donors (Lipinski definition) is 1. The van der Waals surface area contributed by atoms with E-state index in [1.807, 2.05) is 36.4 Å². The first kappa shape index (κ1) is 25.4. The van der Waals surface area contributed by atoms with Crippen LogP contribution in [0.4, 0.5) is 0 Å². The highest BCUT2D eigenvalue weighted by Gasteiger charge is 2.62. The van der Waals surface area contributed by atoms with Gasteiger partial charge < -0.3 is 9.84 Å². The Morgan fingerprint density at radius 3 is 2.15 bits per heavy atom. The molecule has 0 bridgehead atoms. The van der Waals surface area contributed by atoms with Crippen molar-refractivity contribution in [2.24, 2.45) is 5.92 Å². The summed E-state index contributed by atoms with van der Waals surface area (Å²) in [5.74, 6) is -2.40. The summed E-state index contributed by atoms with van der Waals surface area (Å²) in [7, 11) is 1.56. The summed E-state index contributed by atoms with van der Waals surface area (Å²) in [4.78, 5) is 41.9. The van der Waals surface area contributed by atoms with Gasteiger partial charge in [0, 0.05) is 45.3 Å². The first-order chi connectivity index (χ1) is 18.8. The van der Waals surface area contributed by atoms with Gasteiger partial charge in [-0.3, -0.25) is 14.4 Å². The van der Waals surface area contributed by atoms with Crippen molar-refractivity contribution < 1.29 is 24.2 Å². The number of hydrogen-bond acceptors (Lipinski definition) is 5. The zero-order chi connectivity index (χ0) is 27.3. The average molecular weight is 581 g/mol. The third-order valence-corrected chi connectivity index (χ3v) is 8.68. The maximum absolute atomic E-state index is 14.4. The van der Waals surface area contributed by atoms with E-state index in [2.05, 4.69) is 15.9 Å². The lowest BCUT2D eigenvalue weighted by Gasteiger charge is -2.45. The Morgan fingerprint density at radius 1 is 0.846 bits per heavy atom. The molecule has 39 heavy (non-hydrogen) atoms. The number of ketones is 3. The smallest absolute Gasteiger partial charge is 0.199 e. The SMILES string of the molecule is COc1ccc(C(=O)[C@@H]2[C@@H](CC(=O)c3ccc(Br)cc3)c3ccccc3[C@@]3(O)C(=O)c4ccccc4[C@@H]23)cc1. The van der Waals surface area contributed by atoms with Gasteiger partial charge in [0.1, 0.15) is 5.75 Å².